The van der Waals surface area contributed by atoms with Gasteiger partial charge in [-0.3, -0.25) is 9.59 Å². The largest absolute Gasteiger partial charge is 0.289 e. The summed E-state index contributed by atoms with van der Waals surface area (Å²) in [4.78, 5) is 24.3. The molecule has 0 aliphatic rings. The van der Waals surface area contributed by atoms with E-state index in [9.17, 15) is 9.59 Å². The van der Waals surface area contributed by atoms with Gasteiger partial charge in [-0.15, -0.1) is 0 Å². The molecule has 0 aliphatic heterocycles. The number of rotatable bonds is 5. The summed E-state index contributed by atoms with van der Waals surface area (Å²) in [5, 5.41) is -0.169. The van der Waals surface area contributed by atoms with Crippen molar-refractivity contribution in [2.75, 3.05) is 5.75 Å². The van der Waals surface area contributed by atoms with Crippen LogP contribution in [0, 0.1) is 0 Å². The van der Waals surface area contributed by atoms with Crippen LogP contribution in [0.1, 0.15) is 26.3 Å². The second-order valence-electron chi connectivity index (χ2n) is 3.99. The van der Waals surface area contributed by atoms with Gasteiger partial charge >= 0.3 is 0 Å². The van der Waals surface area contributed by atoms with Crippen molar-refractivity contribution in [2.24, 2.45) is 0 Å². The number of hydrogen-bond acceptors (Lipinski definition) is 3. The second kappa shape index (κ2) is 7.74. The van der Waals surface area contributed by atoms with Gasteiger partial charge in [-0.05, 0) is 36.8 Å². The second-order valence-corrected chi connectivity index (χ2v) is 5.23. The zero-order valence-electron chi connectivity index (χ0n) is 11.5. The molecule has 0 fully saturated rings. The quantitative estimate of drug-likeness (QED) is 0.464. The van der Waals surface area contributed by atoms with E-state index in [2.05, 4.69) is 0 Å². The molecule has 3 heteroatoms. The van der Waals surface area contributed by atoms with E-state index in [-0.39, 0.29) is 16.5 Å². The van der Waals surface area contributed by atoms with E-state index in [1.807, 2.05) is 37.3 Å². The number of carbonyl (C=O) groups is 2. The van der Waals surface area contributed by atoms with Crippen LogP contribution < -0.4 is 0 Å². The summed E-state index contributed by atoms with van der Waals surface area (Å²) >= 11 is 1.16. The van der Waals surface area contributed by atoms with Crippen LogP contribution in [0.25, 0.3) is 6.08 Å². The van der Waals surface area contributed by atoms with Crippen molar-refractivity contribution in [3.05, 3.63) is 53.1 Å². The van der Waals surface area contributed by atoms with Crippen LogP contribution in [0.2, 0.25) is 0 Å². The Balaban J connectivity index is 3.16. The third-order valence-electron chi connectivity index (χ3n) is 2.64. The molecule has 0 heterocycles. The fourth-order valence-electron chi connectivity index (χ4n) is 1.49. The van der Waals surface area contributed by atoms with Crippen LogP contribution in [-0.4, -0.2) is 16.7 Å². The third-order valence-corrected chi connectivity index (χ3v) is 3.41. The summed E-state index contributed by atoms with van der Waals surface area (Å²) in [6, 6.07) is 9.42. The first kappa shape index (κ1) is 15.4. The summed E-state index contributed by atoms with van der Waals surface area (Å²) < 4.78 is 0. The molecular formula is C16H18O2S. The SMILES string of the molecule is C/C=C(\C)C(=O)/C(=C\c1ccccc1)C(=O)SCC. The van der Waals surface area contributed by atoms with E-state index >= 15 is 0 Å². The number of benzene rings is 1. The molecular weight excluding hydrogens is 256 g/mol. The molecule has 0 saturated carbocycles. The van der Waals surface area contributed by atoms with Crippen molar-refractivity contribution in [3.8, 4) is 0 Å². The van der Waals surface area contributed by atoms with Gasteiger partial charge in [0.15, 0.2) is 5.78 Å². The molecule has 0 aromatic heterocycles. The molecule has 2 nitrogen and oxygen atoms in total. The van der Waals surface area contributed by atoms with Crippen LogP contribution in [0.3, 0.4) is 0 Å². The minimum Gasteiger partial charge on any atom is -0.289 e. The van der Waals surface area contributed by atoms with Crippen molar-refractivity contribution < 1.29 is 9.59 Å². The first-order valence-corrected chi connectivity index (χ1v) is 7.20. The van der Waals surface area contributed by atoms with Crippen molar-refractivity contribution >= 4 is 28.7 Å². The van der Waals surface area contributed by atoms with E-state index in [0.29, 0.717) is 11.3 Å². The zero-order chi connectivity index (χ0) is 14.3. The normalized spacial score (nSPS) is 12.4. The van der Waals surface area contributed by atoms with Gasteiger partial charge in [-0.1, -0.05) is 55.1 Å². The Morgan fingerprint density at radius 3 is 2.37 bits per heavy atom. The summed E-state index contributed by atoms with van der Waals surface area (Å²) in [5.41, 5.74) is 1.70. The van der Waals surface area contributed by atoms with Gasteiger partial charge in [0, 0.05) is 0 Å². The lowest BCUT2D eigenvalue weighted by atomic mass is 10.0. The standard InChI is InChI=1S/C16H18O2S/c1-4-12(3)15(17)14(16(18)19-5-2)11-13-9-7-6-8-10-13/h4,6-11H,5H2,1-3H3/b12-4+,14-11+. The van der Waals surface area contributed by atoms with Crippen LogP contribution >= 0.6 is 11.8 Å². The highest BCUT2D eigenvalue weighted by atomic mass is 32.2. The van der Waals surface area contributed by atoms with E-state index in [1.165, 1.54) is 0 Å². The highest BCUT2D eigenvalue weighted by Gasteiger charge is 2.19. The third kappa shape index (κ3) is 4.52. The minimum absolute atomic E-state index is 0.169. The number of allylic oxidation sites excluding steroid dienone is 2. The maximum absolute atomic E-state index is 12.2. The lowest BCUT2D eigenvalue weighted by Crippen LogP contribution is -2.11. The van der Waals surface area contributed by atoms with E-state index < -0.39 is 0 Å². The lowest BCUT2D eigenvalue weighted by Gasteiger charge is -2.05. The van der Waals surface area contributed by atoms with Gasteiger partial charge in [-0.2, -0.15) is 0 Å². The van der Waals surface area contributed by atoms with Crippen molar-refractivity contribution in [1.82, 2.24) is 0 Å². The van der Waals surface area contributed by atoms with E-state index in [1.54, 1.807) is 26.0 Å². The number of carbonyl (C=O) groups excluding carboxylic acids is 2. The molecule has 0 bridgehead atoms. The first-order chi connectivity index (χ1) is 9.10. The van der Waals surface area contributed by atoms with Gasteiger partial charge in [0.1, 0.15) is 0 Å². The molecule has 0 aliphatic carbocycles. The topological polar surface area (TPSA) is 34.1 Å². The Kier molecular flexibility index (Phi) is 6.30. The van der Waals surface area contributed by atoms with Gasteiger partial charge in [0.05, 0.1) is 5.57 Å². The fraction of sp³-hybridized carbons (Fsp3) is 0.250. The van der Waals surface area contributed by atoms with E-state index in [4.69, 9.17) is 0 Å². The number of Topliss-reactive ketones (excluding diaryl/α,β-unsaturated/α-hetero) is 1. The van der Waals surface area contributed by atoms with Crippen LogP contribution in [0.4, 0.5) is 0 Å². The first-order valence-electron chi connectivity index (χ1n) is 6.21. The highest BCUT2D eigenvalue weighted by Crippen LogP contribution is 2.18. The summed E-state index contributed by atoms with van der Waals surface area (Å²) in [5.74, 6) is 0.463. The Morgan fingerprint density at radius 2 is 1.84 bits per heavy atom. The molecule has 0 spiro atoms. The van der Waals surface area contributed by atoms with Crippen molar-refractivity contribution in [1.29, 1.82) is 0 Å². The Morgan fingerprint density at radius 1 is 1.21 bits per heavy atom. The number of thioether (sulfide) groups is 1. The molecule has 0 N–H and O–H groups in total. The maximum Gasteiger partial charge on any atom is 0.223 e. The van der Waals surface area contributed by atoms with Gasteiger partial charge in [0.25, 0.3) is 0 Å². The summed E-state index contributed by atoms with van der Waals surface area (Å²) in [6.45, 7) is 5.42. The Hall–Kier alpha value is -1.61. The van der Waals surface area contributed by atoms with Gasteiger partial charge in [-0.25, -0.2) is 0 Å². The molecule has 0 atom stereocenters. The van der Waals surface area contributed by atoms with Crippen molar-refractivity contribution in [3.63, 3.8) is 0 Å². The molecule has 1 rings (SSSR count). The van der Waals surface area contributed by atoms with Crippen LogP contribution in [0.5, 0.6) is 0 Å². The predicted molar refractivity (Wildman–Crippen MR) is 82.0 cm³/mol. The van der Waals surface area contributed by atoms with Gasteiger partial charge in [0.2, 0.25) is 5.12 Å². The molecule has 0 amide bonds. The molecule has 0 radical (unpaired) electrons. The number of ketones is 1. The van der Waals surface area contributed by atoms with Crippen LogP contribution in [0.15, 0.2) is 47.6 Å². The molecule has 19 heavy (non-hydrogen) atoms. The monoisotopic (exact) mass is 274 g/mol. The molecule has 0 unspecified atom stereocenters. The Bertz CT molecular complexity index is 513. The summed E-state index contributed by atoms with van der Waals surface area (Å²) in [6.07, 6.45) is 3.39. The zero-order valence-corrected chi connectivity index (χ0v) is 12.3. The van der Waals surface area contributed by atoms with Crippen molar-refractivity contribution in [2.45, 2.75) is 20.8 Å². The highest BCUT2D eigenvalue weighted by molar-refractivity contribution is 8.14. The van der Waals surface area contributed by atoms with Crippen LogP contribution in [-0.2, 0) is 9.59 Å². The fourth-order valence-corrected chi connectivity index (χ4v) is 2.05. The Labute approximate surface area is 118 Å². The predicted octanol–water partition coefficient (Wildman–Crippen LogP) is 3.89. The lowest BCUT2D eigenvalue weighted by molar-refractivity contribution is -0.115. The molecule has 0 saturated heterocycles. The number of hydrogen-bond donors (Lipinski definition) is 0. The molecule has 100 valence electrons. The van der Waals surface area contributed by atoms with Gasteiger partial charge < -0.3 is 0 Å². The minimum atomic E-state index is -0.197. The average Bonchev–Trinajstić information content (AvgIpc) is 2.44. The molecule has 1 aromatic carbocycles. The van der Waals surface area contributed by atoms with E-state index in [0.717, 1.165) is 17.3 Å². The summed E-state index contributed by atoms with van der Waals surface area (Å²) in [7, 11) is 0. The average molecular weight is 274 g/mol. The maximum atomic E-state index is 12.2. The smallest absolute Gasteiger partial charge is 0.223 e. The molecule has 1 aromatic rings.